The number of hydrogen-bond acceptors (Lipinski definition) is 2. The van der Waals surface area contributed by atoms with Gasteiger partial charge in [-0.05, 0) is 25.5 Å². The van der Waals surface area contributed by atoms with Crippen LogP contribution in [0.1, 0.15) is 57.5 Å². The molecular weight excluding hydrogens is 334 g/mol. The molecule has 0 aromatic heterocycles. The van der Waals surface area contributed by atoms with Gasteiger partial charge in [0.2, 0.25) is 5.91 Å². The maximum absolute atomic E-state index is 12.1. The van der Waals surface area contributed by atoms with Gasteiger partial charge in [0.15, 0.2) is 5.78 Å². The third kappa shape index (κ3) is 13.2. The molecule has 0 unspecified atom stereocenters. The minimum atomic E-state index is -0.0721. The number of carbonyl (C=O) groups excluding carboxylic acids is 2. The lowest BCUT2D eigenvalue weighted by molar-refractivity contribution is -0.118. The third-order valence-electron chi connectivity index (χ3n) is 3.10. The molecule has 148 valence electrons. The van der Waals surface area contributed by atoms with Crippen LogP contribution in [0.25, 0.3) is 0 Å². The lowest BCUT2D eigenvalue weighted by atomic mass is 10.1. The fourth-order valence-electron chi connectivity index (χ4n) is 1.87. The Bertz CT molecular complexity index is 662. The van der Waals surface area contributed by atoms with Crippen molar-refractivity contribution in [3.8, 4) is 0 Å². The summed E-state index contributed by atoms with van der Waals surface area (Å²) in [6.45, 7) is 17.5. The number of allylic oxidation sites excluding steroid dienone is 6. The summed E-state index contributed by atoms with van der Waals surface area (Å²) in [6, 6.07) is 7.46. The Balaban J connectivity index is 0. The van der Waals surface area contributed by atoms with E-state index < -0.39 is 0 Å². The molecule has 0 saturated carbocycles. The van der Waals surface area contributed by atoms with Crippen LogP contribution in [-0.4, -0.2) is 18.2 Å². The fourth-order valence-corrected chi connectivity index (χ4v) is 1.87. The van der Waals surface area contributed by atoms with Crippen molar-refractivity contribution in [3.63, 3.8) is 0 Å². The average Bonchev–Trinajstić information content (AvgIpc) is 2.68. The van der Waals surface area contributed by atoms with Crippen molar-refractivity contribution >= 4 is 11.7 Å². The molecule has 0 fully saturated rings. The van der Waals surface area contributed by atoms with Crippen LogP contribution in [0.4, 0.5) is 0 Å². The molecule has 3 heteroatoms. The Morgan fingerprint density at radius 1 is 1.00 bits per heavy atom. The summed E-state index contributed by atoms with van der Waals surface area (Å²) in [7, 11) is 0. The van der Waals surface area contributed by atoms with Crippen molar-refractivity contribution in [2.75, 3.05) is 6.54 Å². The highest BCUT2D eigenvalue weighted by molar-refractivity contribution is 6.04. The second-order valence-electron chi connectivity index (χ2n) is 5.37. The van der Waals surface area contributed by atoms with E-state index in [1.54, 1.807) is 18.2 Å². The second kappa shape index (κ2) is 16.8. The Kier molecular flexibility index (Phi) is 16.5. The van der Waals surface area contributed by atoms with Crippen LogP contribution < -0.4 is 5.32 Å². The summed E-state index contributed by atoms with van der Waals surface area (Å²) < 4.78 is 0. The number of carbonyl (C=O) groups is 2. The van der Waals surface area contributed by atoms with Crippen molar-refractivity contribution in [1.29, 1.82) is 0 Å². The Hall–Kier alpha value is -2.68. The van der Waals surface area contributed by atoms with Crippen molar-refractivity contribution in [3.05, 3.63) is 83.5 Å². The summed E-state index contributed by atoms with van der Waals surface area (Å²) in [4.78, 5) is 23.1. The molecule has 1 N–H and O–H groups in total. The number of ketones is 1. The minimum absolute atomic E-state index is 0.0483. The molecule has 0 aliphatic heterocycles. The number of aryl methyl sites for hydroxylation is 1. The van der Waals surface area contributed by atoms with Crippen LogP contribution in [0.15, 0.2) is 72.4 Å². The highest BCUT2D eigenvalue weighted by atomic mass is 16.1. The first kappa shape index (κ1) is 26.5. The molecule has 0 aliphatic rings. The average molecular weight is 370 g/mol. The summed E-state index contributed by atoms with van der Waals surface area (Å²) >= 11 is 0. The predicted molar refractivity (Wildman–Crippen MR) is 118 cm³/mol. The van der Waals surface area contributed by atoms with Crippen molar-refractivity contribution < 1.29 is 9.59 Å². The van der Waals surface area contributed by atoms with Gasteiger partial charge >= 0.3 is 0 Å². The molecule has 1 aromatic rings. The minimum Gasteiger partial charge on any atom is -0.353 e. The van der Waals surface area contributed by atoms with Crippen LogP contribution in [-0.2, 0) is 4.79 Å². The zero-order valence-electron chi connectivity index (χ0n) is 17.9. The molecule has 0 heterocycles. The molecule has 0 atom stereocenters. The van der Waals surface area contributed by atoms with Gasteiger partial charge < -0.3 is 5.32 Å². The van der Waals surface area contributed by atoms with Gasteiger partial charge in [-0.25, -0.2) is 0 Å². The molecule has 0 spiro atoms. The smallest absolute Gasteiger partial charge is 0.217 e. The molecule has 1 amide bonds. The fraction of sp³-hybridized carbons (Fsp3) is 0.333. The van der Waals surface area contributed by atoms with Gasteiger partial charge in [0.1, 0.15) is 0 Å². The number of amides is 1. The second-order valence-corrected chi connectivity index (χ2v) is 5.37. The van der Waals surface area contributed by atoms with Gasteiger partial charge in [0.05, 0.1) is 0 Å². The van der Waals surface area contributed by atoms with Crippen molar-refractivity contribution in [2.45, 2.75) is 48.5 Å². The van der Waals surface area contributed by atoms with E-state index in [9.17, 15) is 9.59 Å². The lowest BCUT2D eigenvalue weighted by Crippen LogP contribution is -2.21. The normalized spacial score (nSPS) is 10.9. The van der Waals surface area contributed by atoms with Crippen molar-refractivity contribution in [1.82, 2.24) is 5.32 Å². The van der Waals surface area contributed by atoms with E-state index in [0.717, 1.165) is 16.7 Å². The summed E-state index contributed by atoms with van der Waals surface area (Å²) in [5, 5.41) is 2.74. The van der Waals surface area contributed by atoms with Gasteiger partial charge in [-0.2, -0.15) is 0 Å². The van der Waals surface area contributed by atoms with Gasteiger partial charge in [-0.15, -0.1) is 0 Å². The van der Waals surface area contributed by atoms with E-state index in [1.807, 2.05) is 78.0 Å². The monoisotopic (exact) mass is 369 g/mol. The van der Waals surface area contributed by atoms with Crippen LogP contribution in [0.3, 0.4) is 0 Å². The van der Waals surface area contributed by atoms with Gasteiger partial charge in [0, 0.05) is 19.0 Å². The van der Waals surface area contributed by atoms with Gasteiger partial charge in [0.25, 0.3) is 0 Å². The maximum atomic E-state index is 12.1. The molecule has 0 radical (unpaired) electrons. The molecule has 1 aromatic carbocycles. The Morgan fingerprint density at radius 3 is 2.04 bits per heavy atom. The SMILES string of the molecule is C=C/C=C(/C=C/C(=O)c1ccc(C)cc1)\C=C(/C)CNC(C)=O.CC.CC. The molecule has 27 heavy (non-hydrogen) atoms. The summed E-state index contributed by atoms with van der Waals surface area (Å²) in [5.74, 6) is -0.120. The Morgan fingerprint density at radius 2 is 1.56 bits per heavy atom. The first-order valence-electron chi connectivity index (χ1n) is 9.46. The third-order valence-corrected chi connectivity index (χ3v) is 3.10. The first-order chi connectivity index (χ1) is 12.9. The first-order valence-corrected chi connectivity index (χ1v) is 9.46. The van der Waals surface area contributed by atoms with E-state index in [2.05, 4.69) is 11.9 Å². The molecular formula is C24H35NO2. The number of nitrogens with one attached hydrogen (secondary N) is 1. The largest absolute Gasteiger partial charge is 0.353 e. The topological polar surface area (TPSA) is 46.2 Å². The molecule has 0 saturated heterocycles. The van der Waals surface area contributed by atoms with E-state index in [0.29, 0.717) is 12.1 Å². The van der Waals surface area contributed by atoms with E-state index in [-0.39, 0.29) is 11.7 Å². The highest BCUT2D eigenvalue weighted by Crippen LogP contribution is 2.08. The molecule has 0 aliphatic carbocycles. The zero-order valence-corrected chi connectivity index (χ0v) is 17.9. The molecule has 3 nitrogen and oxygen atoms in total. The quantitative estimate of drug-likeness (QED) is 0.365. The van der Waals surface area contributed by atoms with Gasteiger partial charge in [-0.1, -0.05) is 94.0 Å². The standard InChI is InChI=1S/C20H23NO2.2C2H6/c1-5-6-18(13-16(3)14-21-17(4)22)9-12-20(23)19-10-7-15(2)8-11-19;2*1-2/h5-13H,1,14H2,2-4H3,(H,21,22);2*1-2H3/b12-9+,16-13+,18-6-;;. The number of rotatable bonds is 7. The van der Waals surface area contributed by atoms with Crippen LogP contribution in [0.5, 0.6) is 0 Å². The lowest BCUT2D eigenvalue weighted by Gasteiger charge is -2.03. The van der Waals surface area contributed by atoms with Crippen LogP contribution >= 0.6 is 0 Å². The number of benzene rings is 1. The van der Waals surface area contributed by atoms with Gasteiger partial charge in [-0.3, -0.25) is 9.59 Å². The van der Waals surface area contributed by atoms with E-state index in [4.69, 9.17) is 0 Å². The molecule has 0 bridgehead atoms. The highest BCUT2D eigenvalue weighted by Gasteiger charge is 2.01. The van der Waals surface area contributed by atoms with Crippen molar-refractivity contribution in [2.24, 2.45) is 0 Å². The Labute approximate surface area is 165 Å². The summed E-state index contributed by atoms with van der Waals surface area (Å²) in [6.07, 6.45) is 8.69. The summed E-state index contributed by atoms with van der Waals surface area (Å²) in [5.41, 5.74) is 3.61. The molecule has 1 rings (SSSR count). The maximum Gasteiger partial charge on any atom is 0.217 e. The predicted octanol–water partition coefficient (Wildman–Crippen LogP) is 5.98. The van der Waals surface area contributed by atoms with E-state index >= 15 is 0 Å². The van der Waals surface area contributed by atoms with Crippen LogP contribution in [0.2, 0.25) is 0 Å². The van der Waals surface area contributed by atoms with Crippen LogP contribution in [0, 0.1) is 6.92 Å². The zero-order chi connectivity index (χ0) is 21.2. The number of hydrogen-bond donors (Lipinski definition) is 1. The van der Waals surface area contributed by atoms with E-state index in [1.165, 1.54) is 6.92 Å².